The second-order valence-electron chi connectivity index (χ2n) is 7.04. The zero-order chi connectivity index (χ0) is 16.6. The number of carbonyl (C=O) groups excluding carboxylic acids is 2. The maximum Gasteiger partial charge on any atom is 0.252 e. The van der Waals surface area contributed by atoms with Crippen LogP contribution in [0.5, 0.6) is 0 Å². The van der Waals surface area contributed by atoms with Crippen molar-refractivity contribution >= 4 is 17.5 Å². The summed E-state index contributed by atoms with van der Waals surface area (Å²) in [6.45, 7) is 1.96. The predicted octanol–water partition coefficient (Wildman–Crippen LogP) is 1.75. The lowest BCUT2D eigenvalue weighted by atomic mass is 9.85. The molecule has 1 aromatic rings. The Morgan fingerprint density at radius 2 is 2.25 bits per heavy atom. The van der Waals surface area contributed by atoms with E-state index >= 15 is 0 Å². The molecule has 3 aliphatic heterocycles. The fourth-order valence-corrected chi connectivity index (χ4v) is 4.30. The van der Waals surface area contributed by atoms with Gasteiger partial charge in [-0.25, -0.2) is 0 Å². The largest absolute Gasteiger partial charge is 0.368 e. The van der Waals surface area contributed by atoms with Crippen molar-refractivity contribution in [1.29, 1.82) is 0 Å². The van der Waals surface area contributed by atoms with Gasteiger partial charge in [-0.2, -0.15) is 0 Å². The number of anilines is 1. The van der Waals surface area contributed by atoms with E-state index in [2.05, 4.69) is 4.98 Å². The first-order valence-corrected chi connectivity index (χ1v) is 8.83. The van der Waals surface area contributed by atoms with Crippen molar-refractivity contribution in [2.45, 2.75) is 50.2 Å². The molecule has 24 heavy (non-hydrogen) atoms. The highest BCUT2D eigenvalue weighted by molar-refractivity contribution is 5.98. The second kappa shape index (κ2) is 6.16. The number of amides is 2. The van der Waals surface area contributed by atoms with E-state index in [1.165, 1.54) is 0 Å². The highest BCUT2D eigenvalue weighted by Crippen LogP contribution is 2.39. The molecular formula is C18H23N3O3. The molecule has 3 aliphatic rings. The van der Waals surface area contributed by atoms with Crippen LogP contribution in [0.1, 0.15) is 38.5 Å². The number of piperidine rings is 1. The molecule has 2 unspecified atom stereocenters. The number of pyridine rings is 1. The van der Waals surface area contributed by atoms with Gasteiger partial charge in [0.25, 0.3) is 5.91 Å². The molecule has 2 atom stereocenters. The summed E-state index contributed by atoms with van der Waals surface area (Å²) in [7, 11) is 0. The molecule has 1 spiro atoms. The van der Waals surface area contributed by atoms with Crippen molar-refractivity contribution in [1.82, 2.24) is 9.88 Å². The van der Waals surface area contributed by atoms with Crippen molar-refractivity contribution in [3.8, 4) is 0 Å². The van der Waals surface area contributed by atoms with Gasteiger partial charge in [0, 0.05) is 25.9 Å². The smallest absolute Gasteiger partial charge is 0.252 e. The molecule has 6 heteroatoms. The average molecular weight is 329 g/mol. The Hall–Kier alpha value is -1.95. The molecule has 3 fully saturated rings. The highest BCUT2D eigenvalue weighted by atomic mass is 16.5. The first-order chi connectivity index (χ1) is 11.7. The quantitative estimate of drug-likeness (QED) is 0.829. The Morgan fingerprint density at radius 3 is 3.00 bits per heavy atom. The number of ether oxygens (including phenoxy) is 1. The summed E-state index contributed by atoms with van der Waals surface area (Å²) in [5.41, 5.74) is 0.434. The molecule has 4 heterocycles. The van der Waals surface area contributed by atoms with E-state index < -0.39 is 0 Å². The number of rotatable bonds is 2. The minimum atomic E-state index is -0.381. The molecule has 0 saturated carbocycles. The number of nitrogens with zero attached hydrogens (tertiary/aromatic N) is 3. The van der Waals surface area contributed by atoms with Crippen LogP contribution in [0.25, 0.3) is 0 Å². The first kappa shape index (κ1) is 15.6. The lowest BCUT2D eigenvalue weighted by Gasteiger charge is -2.45. The minimum absolute atomic E-state index is 0.0769. The van der Waals surface area contributed by atoms with E-state index in [9.17, 15) is 9.59 Å². The molecule has 0 aliphatic carbocycles. The topological polar surface area (TPSA) is 62.7 Å². The normalized spacial score (nSPS) is 30.3. The highest BCUT2D eigenvalue weighted by Gasteiger charge is 2.51. The van der Waals surface area contributed by atoms with Gasteiger partial charge in [0.1, 0.15) is 6.10 Å². The lowest BCUT2D eigenvalue weighted by Crippen LogP contribution is -2.58. The minimum Gasteiger partial charge on any atom is -0.368 e. The number of carbonyl (C=O) groups is 2. The molecule has 6 nitrogen and oxygen atoms in total. The van der Waals surface area contributed by atoms with Gasteiger partial charge in [0.05, 0.1) is 23.8 Å². The molecule has 3 saturated heterocycles. The third-order valence-corrected chi connectivity index (χ3v) is 5.51. The van der Waals surface area contributed by atoms with Crippen LogP contribution in [0.4, 0.5) is 5.69 Å². The summed E-state index contributed by atoms with van der Waals surface area (Å²) in [6.07, 6.45) is 8.19. The van der Waals surface area contributed by atoms with Crippen LogP contribution in [0.2, 0.25) is 0 Å². The Balaban J connectivity index is 1.60. The van der Waals surface area contributed by atoms with Crippen molar-refractivity contribution in [3.63, 3.8) is 0 Å². The van der Waals surface area contributed by atoms with Crippen molar-refractivity contribution in [2.24, 2.45) is 0 Å². The standard InChI is InChI=1S/C18H23N3O3/c22-16-11-18(13-20(16)14-5-3-8-19-12-14)7-1-2-9-21(18)17(23)15-6-4-10-24-15/h3,5,8,12,15H,1-2,4,6-7,9-11,13H2. The fourth-order valence-electron chi connectivity index (χ4n) is 4.30. The zero-order valence-electron chi connectivity index (χ0n) is 13.8. The molecule has 1 aromatic heterocycles. The zero-order valence-corrected chi connectivity index (χ0v) is 13.8. The Bertz CT molecular complexity index is 630. The van der Waals surface area contributed by atoms with Crippen molar-refractivity contribution in [2.75, 3.05) is 24.6 Å². The summed E-state index contributed by atoms with van der Waals surface area (Å²) in [4.78, 5) is 33.5. The molecule has 0 radical (unpaired) electrons. The molecule has 0 N–H and O–H groups in total. The molecule has 0 aromatic carbocycles. The number of aromatic nitrogens is 1. The van der Waals surface area contributed by atoms with Gasteiger partial charge in [-0.3, -0.25) is 14.6 Å². The van der Waals surface area contributed by atoms with E-state index in [0.29, 0.717) is 19.6 Å². The molecular weight excluding hydrogens is 306 g/mol. The van der Waals surface area contributed by atoms with Crippen LogP contribution < -0.4 is 4.90 Å². The van der Waals surface area contributed by atoms with Crippen LogP contribution in [0, 0.1) is 0 Å². The third-order valence-electron chi connectivity index (χ3n) is 5.51. The summed E-state index contributed by atoms with van der Waals surface area (Å²) in [6, 6.07) is 3.74. The second-order valence-corrected chi connectivity index (χ2v) is 7.04. The molecule has 128 valence electrons. The number of hydrogen-bond donors (Lipinski definition) is 0. The summed E-state index contributed by atoms with van der Waals surface area (Å²) >= 11 is 0. The number of likely N-dealkylation sites (tertiary alicyclic amines) is 1. The van der Waals surface area contributed by atoms with Gasteiger partial charge >= 0.3 is 0 Å². The van der Waals surface area contributed by atoms with Gasteiger partial charge in [-0.15, -0.1) is 0 Å². The van der Waals surface area contributed by atoms with Crippen molar-refractivity contribution in [3.05, 3.63) is 24.5 Å². The lowest BCUT2D eigenvalue weighted by molar-refractivity contribution is -0.149. The average Bonchev–Trinajstić information content (AvgIpc) is 3.24. The predicted molar refractivity (Wildman–Crippen MR) is 88.5 cm³/mol. The Morgan fingerprint density at radius 1 is 1.33 bits per heavy atom. The van der Waals surface area contributed by atoms with Gasteiger partial charge in [-0.1, -0.05) is 0 Å². The maximum atomic E-state index is 13.0. The van der Waals surface area contributed by atoms with E-state index in [1.807, 2.05) is 17.0 Å². The summed E-state index contributed by atoms with van der Waals surface area (Å²) < 4.78 is 5.61. The van der Waals surface area contributed by atoms with Gasteiger partial charge in [0.2, 0.25) is 5.91 Å². The van der Waals surface area contributed by atoms with Crippen LogP contribution in [0.15, 0.2) is 24.5 Å². The SMILES string of the molecule is O=C1CC2(CCCCN2C(=O)C2CCCO2)CN1c1cccnc1. The number of hydrogen-bond acceptors (Lipinski definition) is 4. The summed E-state index contributed by atoms with van der Waals surface area (Å²) in [5.74, 6) is 0.156. The van der Waals surface area contributed by atoms with Crippen molar-refractivity contribution < 1.29 is 14.3 Å². The molecule has 2 amide bonds. The van der Waals surface area contributed by atoms with E-state index in [-0.39, 0.29) is 23.5 Å². The van der Waals surface area contributed by atoms with Gasteiger partial charge in [0.15, 0.2) is 0 Å². The maximum absolute atomic E-state index is 13.0. The molecule has 4 rings (SSSR count). The van der Waals surface area contributed by atoms with E-state index in [0.717, 1.165) is 44.3 Å². The molecule has 0 bridgehead atoms. The van der Waals surface area contributed by atoms with Crippen LogP contribution in [-0.2, 0) is 14.3 Å². The third kappa shape index (κ3) is 2.59. The fraction of sp³-hybridized carbons (Fsp3) is 0.611. The van der Waals surface area contributed by atoms with E-state index in [4.69, 9.17) is 4.74 Å². The first-order valence-electron chi connectivity index (χ1n) is 8.83. The Labute approximate surface area is 141 Å². The Kier molecular flexibility index (Phi) is 4.00. The van der Waals surface area contributed by atoms with E-state index in [1.54, 1.807) is 17.3 Å². The van der Waals surface area contributed by atoms with Crippen LogP contribution in [0.3, 0.4) is 0 Å². The monoisotopic (exact) mass is 329 g/mol. The van der Waals surface area contributed by atoms with Gasteiger partial charge in [-0.05, 0) is 44.2 Å². The van der Waals surface area contributed by atoms with Crippen LogP contribution >= 0.6 is 0 Å². The van der Waals surface area contributed by atoms with Gasteiger partial charge < -0.3 is 14.5 Å². The summed E-state index contributed by atoms with van der Waals surface area (Å²) in [5, 5.41) is 0. The van der Waals surface area contributed by atoms with Crippen LogP contribution in [-0.4, -0.2) is 53.0 Å².